The third kappa shape index (κ3) is 4.69. The van der Waals surface area contributed by atoms with Crippen LogP contribution >= 0.6 is 0 Å². The molecular formula is C13H22N4O. The summed E-state index contributed by atoms with van der Waals surface area (Å²) in [6, 6.07) is 3.49. The van der Waals surface area contributed by atoms with Crippen molar-refractivity contribution in [1.82, 2.24) is 15.1 Å². The Bertz CT molecular complexity index is 373. The Morgan fingerprint density at radius 1 is 1.33 bits per heavy atom. The van der Waals surface area contributed by atoms with Crippen molar-refractivity contribution in [2.45, 2.75) is 26.7 Å². The molecule has 1 amide bonds. The van der Waals surface area contributed by atoms with Gasteiger partial charge in [0.25, 0.3) is 5.91 Å². The van der Waals surface area contributed by atoms with E-state index < -0.39 is 0 Å². The highest BCUT2D eigenvalue weighted by atomic mass is 16.2. The van der Waals surface area contributed by atoms with E-state index in [1.807, 2.05) is 0 Å². The maximum atomic E-state index is 11.6. The Kier molecular flexibility index (Phi) is 5.55. The third-order valence-electron chi connectivity index (χ3n) is 2.55. The van der Waals surface area contributed by atoms with E-state index in [4.69, 9.17) is 0 Å². The molecule has 0 spiro atoms. The van der Waals surface area contributed by atoms with E-state index in [1.165, 1.54) is 11.3 Å². The maximum Gasteiger partial charge on any atom is 0.273 e. The van der Waals surface area contributed by atoms with Gasteiger partial charge in [0.15, 0.2) is 5.69 Å². The molecule has 1 N–H and O–H groups in total. The van der Waals surface area contributed by atoms with Crippen LogP contribution < -0.4 is 5.32 Å². The van der Waals surface area contributed by atoms with Crippen LogP contribution in [-0.4, -0.2) is 41.6 Å². The van der Waals surface area contributed by atoms with Crippen LogP contribution in [0.5, 0.6) is 0 Å². The lowest BCUT2D eigenvalue weighted by Crippen LogP contribution is -2.23. The first-order valence-corrected chi connectivity index (χ1v) is 6.30. The summed E-state index contributed by atoms with van der Waals surface area (Å²) in [6.07, 6.45) is 2.30. The Balaban J connectivity index is 2.43. The molecule has 0 aromatic carbocycles. The molecular weight excluding hydrogens is 228 g/mol. The fourth-order valence-electron chi connectivity index (χ4n) is 1.50. The number of amides is 1. The van der Waals surface area contributed by atoms with Gasteiger partial charge < -0.3 is 10.2 Å². The highest BCUT2D eigenvalue weighted by Crippen LogP contribution is 2.06. The van der Waals surface area contributed by atoms with Gasteiger partial charge >= 0.3 is 0 Å². The van der Waals surface area contributed by atoms with Crippen molar-refractivity contribution >= 4 is 11.7 Å². The van der Waals surface area contributed by atoms with Crippen LogP contribution in [0.2, 0.25) is 0 Å². The van der Waals surface area contributed by atoms with Crippen molar-refractivity contribution in [3.63, 3.8) is 0 Å². The van der Waals surface area contributed by atoms with Crippen molar-refractivity contribution in [1.29, 1.82) is 0 Å². The molecule has 1 aromatic heterocycles. The summed E-state index contributed by atoms with van der Waals surface area (Å²) in [5.74, 6) is 1.31. The van der Waals surface area contributed by atoms with E-state index in [-0.39, 0.29) is 5.91 Å². The molecule has 0 atom stereocenters. The minimum atomic E-state index is -0.131. The number of nitrogens with zero attached hydrogens (tertiary/aromatic N) is 3. The summed E-state index contributed by atoms with van der Waals surface area (Å²) in [5, 5.41) is 11.1. The molecule has 0 aliphatic carbocycles. The van der Waals surface area contributed by atoms with Crippen molar-refractivity contribution in [3.05, 3.63) is 17.8 Å². The van der Waals surface area contributed by atoms with Crippen molar-refractivity contribution in [3.8, 4) is 0 Å². The summed E-state index contributed by atoms with van der Waals surface area (Å²) in [6.45, 7) is 5.30. The Morgan fingerprint density at radius 3 is 2.56 bits per heavy atom. The molecule has 0 aliphatic heterocycles. The van der Waals surface area contributed by atoms with E-state index in [0.717, 1.165) is 18.9 Å². The molecule has 0 bridgehead atoms. The molecule has 1 aromatic rings. The highest BCUT2D eigenvalue weighted by molar-refractivity contribution is 5.91. The van der Waals surface area contributed by atoms with Gasteiger partial charge in [-0.05, 0) is 30.9 Å². The zero-order valence-electron chi connectivity index (χ0n) is 11.6. The van der Waals surface area contributed by atoms with Gasteiger partial charge in [0, 0.05) is 20.6 Å². The SMILES string of the molecule is CC(C)CCCNc1ccc(C(=O)N(C)C)nn1. The molecule has 5 heteroatoms. The Morgan fingerprint density at radius 2 is 2.06 bits per heavy atom. The lowest BCUT2D eigenvalue weighted by Gasteiger charge is -2.09. The van der Waals surface area contributed by atoms with Gasteiger partial charge in [0.1, 0.15) is 5.82 Å². The van der Waals surface area contributed by atoms with Gasteiger partial charge in [0.05, 0.1) is 0 Å². The van der Waals surface area contributed by atoms with Crippen molar-refractivity contribution < 1.29 is 4.79 Å². The molecule has 1 heterocycles. The fraction of sp³-hybridized carbons (Fsp3) is 0.615. The predicted molar refractivity (Wildman–Crippen MR) is 72.6 cm³/mol. The summed E-state index contributed by atoms with van der Waals surface area (Å²) >= 11 is 0. The molecule has 0 radical (unpaired) electrons. The average Bonchev–Trinajstić information content (AvgIpc) is 2.34. The predicted octanol–water partition coefficient (Wildman–Crippen LogP) is 2.03. The van der Waals surface area contributed by atoms with Gasteiger partial charge in [-0.3, -0.25) is 4.79 Å². The first kappa shape index (κ1) is 14.4. The first-order chi connectivity index (χ1) is 8.50. The standard InChI is InChI=1S/C13H22N4O/c1-10(2)6-5-9-14-12-8-7-11(15-16-12)13(18)17(3)4/h7-8,10H,5-6,9H2,1-4H3,(H,14,16). The smallest absolute Gasteiger partial charge is 0.273 e. The summed E-state index contributed by atoms with van der Waals surface area (Å²) in [4.78, 5) is 13.1. The van der Waals surface area contributed by atoms with Gasteiger partial charge in [0.2, 0.25) is 0 Å². The molecule has 1 rings (SSSR count). The van der Waals surface area contributed by atoms with Crippen LogP contribution in [0.4, 0.5) is 5.82 Å². The van der Waals surface area contributed by atoms with E-state index in [9.17, 15) is 4.79 Å². The topological polar surface area (TPSA) is 58.1 Å². The van der Waals surface area contributed by atoms with Gasteiger partial charge in [-0.15, -0.1) is 10.2 Å². The van der Waals surface area contributed by atoms with Gasteiger partial charge in [-0.2, -0.15) is 0 Å². The quantitative estimate of drug-likeness (QED) is 0.785. The monoisotopic (exact) mass is 250 g/mol. The van der Waals surface area contributed by atoms with Gasteiger partial charge in [-0.25, -0.2) is 0 Å². The van der Waals surface area contributed by atoms with E-state index in [0.29, 0.717) is 11.5 Å². The number of carbonyl (C=O) groups is 1. The molecule has 18 heavy (non-hydrogen) atoms. The Labute approximate surface area is 109 Å². The maximum absolute atomic E-state index is 11.6. The Hall–Kier alpha value is -1.65. The molecule has 0 aliphatic rings. The second kappa shape index (κ2) is 6.93. The number of anilines is 1. The minimum Gasteiger partial charge on any atom is -0.369 e. The highest BCUT2D eigenvalue weighted by Gasteiger charge is 2.09. The van der Waals surface area contributed by atoms with Crippen molar-refractivity contribution in [2.75, 3.05) is 26.0 Å². The molecule has 0 fully saturated rings. The molecule has 0 unspecified atom stereocenters. The van der Waals surface area contributed by atoms with E-state index in [1.54, 1.807) is 26.2 Å². The van der Waals surface area contributed by atoms with Crippen LogP contribution in [0.1, 0.15) is 37.2 Å². The molecule has 5 nitrogen and oxygen atoms in total. The average molecular weight is 250 g/mol. The summed E-state index contributed by atoms with van der Waals surface area (Å²) in [7, 11) is 3.39. The van der Waals surface area contributed by atoms with Crippen LogP contribution in [0, 0.1) is 5.92 Å². The fourth-order valence-corrected chi connectivity index (χ4v) is 1.50. The lowest BCUT2D eigenvalue weighted by molar-refractivity contribution is 0.0821. The number of aromatic nitrogens is 2. The number of rotatable bonds is 6. The number of hydrogen-bond donors (Lipinski definition) is 1. The lowest BCUT2D eigenvalue weighted by atomic mass is 10.1. The van der Waals surface area contributed by atoms with Gasteiger partial charge in [-0.1, -0.05) is 13.8 Å². The second-order valence-electron chi connectivity index (χ2n) is 4.97. The molecule has 0 saturated carbocycles. The number of carbonyl (C=O) groups excluding carboxylic acids is 1. The van der Waals surface area contributed by atoms with Crippen LogP contribution in [0.15, 0.2) is 12.1 Å². The zero-order valence-corrected chi connectivity index (χ0v) is 11.6. The van der Waals surface area contributed by atoms with E-state index in [2.05, 4.69) is 29.4 Å². The number of hydrogen-bond acceptors (Lipinski definition) is 4. The minimum absolute atomic E-state index is 0.131. The van der Waals surface area contributed by atoms with Crippen LogP contribution in [0.3, 0.4) is 0 Å². The summed E-state index contributed by atoms with van der Waals surface area (Å²) < 4.78 is 0. The molecule has 100 valence electrons. The number of nitrogens with one attached hydrogen (secondary N) is 1. The second-order valence-corrected chi connectivity index (χ2v) is 4.97. The van der Waals surface area contributed by atoms with Crippen molar-refractivity contribution in [2.24, 2.45) is 5.92 Å². The largest absolute Gasteiger partial charge is 0.369 e. The third-order valence-corrected chi connectivity index (χ3v) is 2.55. The normalized spacial score (nSPS) is 10.5. The van der Waals surface area contributed by atoms with E-state index >= 15 is 0 Å². The van der Waals surface area contributed by atoms with Crippen LogP contribution in [0.25, 0.3) is 0 Å². The van der Waals surface area contributed by atoms with Crippen LogP contribution in [-0.2, 0) is 0 Å². The summed E-state index contributed by atoms with van der Waals surface area (Å²) in [5.41, 5.74) is 0.368. The first-order valence-electron chi connectivity index (χ1n) is 6.30. The molecule has 0 saturated heterocycles. The zero-order chi connectivity index (χ0) is 13.5.